The maximum Gasteiger partial charge on any atom is 0.242 e. The summed E-state index contributed by atoms with van der Waals surface area (Å²) in [5.74, 6) is 0.459. The lowest BCUT2D eigenvalue weighted by Gasteiger charge is -2.19. The van der Waals surface area contributed by atoms with Gasteiger partial charge in [-0.05, 0) is 36.5 Å². The van der Waals surface area contributed by atoms with Crippen LogP contribution in [0.15, 0.2) is 29.2 Å². The molecule has 20 heavy (non-hydrogen) atoms. The minimum absolute atomic E-state index is 0.244. The zero-order chi connectivity index (χ0) is 15.3. The first-order valence-electron chi connectivity index (χ1n) is 7.03. The van der Waals surface area contributed by atoms with E-state index in [1.807, 2.05) is 6.92 Å². The molecule has 4 nitrogen and oxygen atoms in total. The van der Waals surface area contributed by atoms with Crippen molar-refractivity contribution < 1.29 is 13.5 Å². The summed E-state index contributed by atoms with van der Waals surface area (Å²) in [6.45, 7) is 6.50. The molecule has 0 saturated heterocycles. The Bertz CT molecular complexity index is 526. The second kappa shape index (κ2) is 7.20. The molecule has 0 aliphatic heterocycles. The molecule has 114 valence electrons. The lowest BCUT2D eigenvalue weighted by atomic mass is 10.1. The number of aliphatic hydroxyl groups is 1. The maximum absolute atomic E-state index is 12.5. The van der Waals surface area contributed by atoms with Gasteiger partial charge < -0.3 is 5.11 Å². The van der Waals surface area contributed by atoms with Gasteiger partial charge in [-0.2, -0.15) is 0 Å². The number of nitrogens with zero attached hydrogens (tertiary/aromatic N) is 1. The van der Waals surface area contributed by atoms with E-state index < -0.39 is 16.1 Å². The number of sulfonamides is 1. The van der Waals surface area contributed by atoms with Crippen LogP contribution < -0.4 is 0 Å². The third kappa shape index (κ3) is 4.30. The van der Waals surface area contributed by atoms with Crippen molar-refractivity contribution in [3.63, 3.8) is 0 Å². The van der Waals surface area contributed by atoms with Crippen molar-refractivity contribution in [2.75, 3.05) is 13.6 Å². The molecule has 0 fully saturated rings. The Morgan fingerprint density at radius 2 is 1.95 bits per heavy atom. The Morgan fingerprint density at radius 3 is 2.50 bits per heavy atom. The number of hydrogen-bond donors (Lipinski definition) is 1. The van der Waals surface area contributed by atoms with Gasteiger partial charge in [-0.3, -0.25) is 0 Å². The van der Waals surface area contributed by atoms with E-state index in [4.69, 9.17) is 0 Å². The fourth-order valence-corrected chi connectivity index (χ4v) is 3.10. The minimum atomic E-state index is -3.48. The number of rotatable bonds is 7. The lowest BCUT2D eigenvalue weighted by molar-refractivity contribution is 0.173. The highest BCUT2D eigenvalue weighted by atomic mass is 32.2. The monoisotopic (exact) mass is 299 g/mol. The van der Waals surface area contributed by atoms with Crippen molar-refractivity contribution in [1.29, 1.82) is 0 Å². The smallest absolute Gasteiger partial charge is 0.242 e. The zero-order valence-electron chi connectivity index (χ0n) is 12.7. The first-order chi connectivity index (χ1) is 9.28. The van der Waals surface area contributed by atoms with Gasteiger partial charge in [-0.25, -0.2) is 12.7 Å². The molecule has 5 heteroatoms. The molecule has 0 aromatic heterocycles. The summed E-state index contributed by atoms with van der Waals surface area (Å²) in [6.07, 6.45) is 0.769. The average Bonchev–Trinajstić information content (AvgIpc) is 2.43. The zero-order valence-corrected chi connectivity index (χ0v) is 13.5. The molecule has 0 radical (unpaired) electrons. The Hall–Kier alpha value is -0.910. The van der Waals surface area contributed by atoms with Crippen LogP contribution in [0.25, 0.3) is 0 Å². The molecule has 0 bridgehead atoms. The van der Waals surface area contributed by atoms with E-state index >= 15 is 0 Å². The van der Waals surface area contributed by atoms with Crippen molar-refractivity contribution >= 4 is 10.0 Å². The fraction of sp³-hybridized carbons (Fsp3) is 0.600. The molecule has 0 aliphatic carbocycles. The van der Waals surface area contributed by atoms with Gasteiger partial charge in [0.2, 0.25) is 10.0 Å². The summed E-state index contributed by atoms with van der Waals surface area (Å²) in [5.41, 5.74) is 0.644. The topological polar surface area (TPSA) is 57.6 Å². The van der Waals surface area contributed by atoms with Crippen LogP contribution in [0, 0.1) is 5.92 Å². The number of aliphatic hydroxyl groups excluding tert-OH is 1. The van der Waals surface area contributed by atoms with Gasteiger partial charge in [-0.1, -0.05) is 32.9 Å². The molecule has 0 amide bonds. The Balaban J connectivity index is 2.97. The highest BCUT2D eigenvalue weighted by molar-refractivity contribution is 7.89. The summed E-state index contributed by atoms with van der Waals surface area (Å²) >= 11 is 0. The Morgan fingerprint density at radius 1 is 1.30 bits per heavy atom. The number of hydrogen-bond acceptors (Lipinski definition) is 3. The molecule has 1 unspecified atom stereocenters. The van der Waals surface area contributed by atoms with Crippen molar-refractivity contribution in [2.24, 2.45) is 5.92 Å². The highest BCUT2D eigenvalue weighted by Gasteiger charge is 2.21. The van der Waals surface area contributed by atoms with Crippen LogP contribution in [0.5, 0.6) is 0 Å². The summed E-state index contributed by atoms with van der Waals surface area (Å²) in [5, 5.41) is 9.83. The fourth-order valence-electron chi connectivity index (χ4n) is 1.86. The predicted molar refractivity (Wildman–Crippen MR) is 81.0 cm³/mol. The standard InChI is InChI=1S/C15H25NO3S/c1-5-15(17)13-7-6-8-14(11-13)20(18,19)16(4)10-9-12(2)3/h6-8,11-12,15,17H,5,9-10H2,1-4H3. The first kappa shape index (κ1) is 17.1. The van der Waals surface area contributed by atoms with Gasteiger partial charge in [0.25, 0.3) is 0 Å². The van der Waals surface area contributed by atoms with Crippen molar-refractivity contribution in [1.82, 2.24) is 4.31 Å². The number of benzene rings is 1. The van der Waals surface area contributed by atoms with Crippen LogP contribution in [-0.4, -0.2) is 31.4 Å². The second-order valence-electron chi connectivity index (χ2n) is 5.51. The van der Waals surface area contributed by atoms with Gasteiger partial charge in [-0.15, -0.1) is 0 Å². The summed E-state index contributed by atoms with van der Waals surface area (Å²) in [6, 6.07) is 6.57. The van der Waals surface area contributed by atoms with Crippen molar-refractivity contribution in [3.05, 3.63) is 29.8 Å². The summed E-state index contributed by atoms with van der Waals surface area (Å²) < 4.78 is 26.3. The van der Waals surface area contributed by atoms with Crippen LogP contribution in [0.1, 0.15) is 45.3 Å². The SMILES string of the molecule is CCC(O)c1cccc(S(=O)(=O)N(C)CCC(C)C)c1. The van der Waals surface area contributed by atoms with Gasteiger partial charge in [0.1, 0.15) is 0 Å². The second-order valence-corrected chi connectivity index (χ2v) is 7.55. The van der Waals surface area contributed by atoms with Gasteiger partial charge in [0.05, 0.1) is 11.0 Å². The van der Waals surface area contributed by atoms with Crippen LogP contribution in [0.3, 0.4) is 0 Å². The van der Waals surface area contributed by atoms with Gasteiger partial charge in [0.15, 0.2) is 0 Å². The van der Waals surface area contributed by atoms with Crippen LogP contribution in [-0.2, 0) is 10.0 Å². The van der Waals surface area contributed by atoms with E-state index in [1.54, 1.807) is 31.3 Å². The third-order valence-corrected chi connectivity index (χ3v) is 5.21. The lowest BCUT2D eigenvalue weighted by Crippen LogP contribution is -2.28. The maximum atomic E-state index is 12.5. The van der Waals surface area contributed by atoms with Crippen LogP contribution >= 0.6 is 0 Å². The molecule has 0 spiro atoms. The normalized spacial score (nSPS) is 13.9. The molecule has 1 N–H and O–H groups in total. The molecular formula is C15H25NO3S. The Kier molecular flexibility index (Phi) is 6.17. The largest absolute Gasteiger partial charge is 0.388 e. The van der Waals surface area contributed by atoms with E-state index in [2.05, 4.69) is 13.8 Å². The van der Waals surface area contributed by atoms with E-state index in [9.17, 15) is 13.5 Å². The van der Waals surface area contributed by atoms with Gasteiger partial charge >= 0.3 is 0 Å². The third-order valence-electron chi connectivity index (χ3n) is 3.36. The first-order valence-corrected chi connectivity index (χ1v) is 8.47. The van der Waals surface area contributed by atoms with Gasteiger partial charge in [0, 0.05) is 13.6 Å². The van der Waals surface area contributed by atoms with Crippen LogP contribution in [0.4, 0.5) is 0 Å². The quantitative estimate of drug-likeness (QED) is 0.842. The van der Waals surface area contributed by atoms with E-state index in [0.717, 1.165) is 6.42 Å². The molecule has 1 aromatic rings. The Labute approximate surface area is 122 Å². The van der Waals surface area contributed by atoms with Crippen molar-refractivity contribution in [3.8, 4) is 0 Å². The van der Waals surface area contributed by atoms with E-state index in [-0.39, 0.29) is 4.90 Å². The van der Waals surface area contributed by atoms with Crippen molar-refractivity contribution in [2.45, 2.75) is 44.6 Å². The van der Waals surface area contributed by atoms with E-state index in [1.165, 1.54) is 4.31 Å². The summed E-state index contributed by atoms with van der Waals surface area (Å²) in [7, 11) is -1.88. The molecule has 1 aromatic carbocycles. The van der Waals surface area contributed by atoms with E-state index in [0.29, 0.717) is 24.4 Å². The average molecular weight is 299 g/mol. The molecule has 1 rings (SSSR count). The summed E-state index contributed by atoms with van der Waals surface area (Å²) in [4.78, 5) is 0.244. The molecule has 0 saturated carbocycles. The highest BCUT2D eigenvalue weighted by Crippen LogP contribution is 2.22. The molecule has 0 aliphatic rings. The molecular weight excluding hydrogens is 274 g/mol. The minimum Gasteiger partial charge on any atom is -0.388 e. The van der Waals surface area contributed by atoms with Crippen LogP contribution in [0.2, 0.25) is 0 Å². The predicted octanol–water partition coefficient (Wildman–Crippen LogP) is 2.80. The molecule has 0 heterocycles. The molecule has 1 atom stereocenters.